The molecule has 2 amide bonds. The van der Waals surface area contributed by atoms with Crippen molar-refractivity contribution in [2.75, 3.05) is 23.7 Å². The minimum atomic E-state index is -4.83. The maximum atomic E-state index is 13.6. The van der Waals surface area contributed by atoms with Gasteiger partial charge in [-0.3, -0.25) is 13.9 Å². The van der Waals surface area contributed by atoms with E-state index < -0.39 is 51.2 Å². The lowest BCUT2D eigenvalue weighted by molar-refractivity contribution is -0.140. The van der Waals surface area contributed by atoms with Gasteiger partial charge in [-0.1, -0.05) is 62.7 Å². The van der Waals surface area contributed by atoms with E-state index in [-0.39, 0.29) is 24.6 Å². The molecule has 0 heterocycles. The van der Waals surface area contributed by atoms with E-state index in [9.17, 15) is 31.2 Å². The lowest BCUT2D eigenvalue weighted by atomic mass is 10.1. The summed E-state index contributed by atoms with van der Waals surface area (Å²) in [6, 6.07) is 10.5. The van der Waals surface area contributed by atoms with E-state index in [0.29, 0.717) is 22.5 Å². The van der Waals surface area contributed by atoms with Gasteiger partial charge in [-0.15, -0.1) is 0 Å². The monoisotopic (exact) mass is 561 g/mol. The number of hydrogen-bond acceptors (Lipinski definition) is 4. The van der Waals surface area contributed by atoms with E-state index in [1.165, 1.54) is 4.90 Å². The van der Waals surface area contributed by atoms with Gasteiger partial charge in [-0.2, -0.15) is 13.2 Å². The molecule has 2 aromatic rings. The first-order chi connectivity index (χ1) is 17.1. The quantitative estimate of drug-likeness (QED) is 0.431. The maximum absolute atomic E-state index is 13.6. The predicted molar refractivity (Wildman–Crippen MR) is 138 cm³/mol. The van der Waals surface area contributed by atoms with Gasteiger partial charge in [0.05, 0.1) is 22.5 Å². The number of hydrogen-bond donors (Lipinski definition) is 1. The van der Waals surface area contributed by atoms with Crippen molar-refractivity contribution in [1.82, 2.24) is 10.2 Å². The van der Waals surface area contributed by atoms with Crippen molar-refractivity contribution < 1.29 is 31.2 Å². The lowest BCUT2D eigenvalue weighted by Crippen LogP contribution is -2.52. The van der Waals surface area contributed by atoms with Gasteiger partial charge < -0.3 is 10.2 Å². The van der Waals surface area contributed by atoms with Crippen molar-refractivity contribution in [3.05, 3.63) is 64.7 Å². The fraction of sp³-hybridized carbons (Fsp3) is 0.440. The zero-order chi connectivity index (χ0) is 28.0. The first-order valence-electron chi connectivity index (χ1n) is 11.6. The second-order valence-corrected chi connectivity index (χ2v) is 11.3. The Hall–Kier alpha value is -2.79. The van der Waals surface area contributed by atoms with Crippen molar-refractivity contribution in [3.63, 3.8) is 0 Å². The number of amides is 2. The summed E-state index contributed by atoms with van der Waals surface area (Å²) in [5, 5.41) is 2.19. The topological polar surface area (TPSA) is 86.8 Å². The molecule has 0 saturated carbocycles. The number of rotatable bonds is 11. The Balaban J connectivity index is 2.48. The number of nitrogens with zero attached hydrogens (tertiary/aromatic N) is 2. The van der Waals surface area contributed by atoms with E-state index >= 15 is 0 Å². The van der Waals surface area contributed by atoms with E-state index in [2.05, 4.69) is 5.32 Å². The highest BCUT2D eigenvalue weighted by atomic mass is 35.5. The third kappa shape index (κ3) is 8.63. The van der Waals surface area contributed by atoms with Crippen molar-refractivity contribution >= 4 is 39.1 Å². The van der Waals surface area contributed by atoms with Gasteiger partial charge in [0.1, 0.15) is 12.6 Å². The largest absolute Gasteiger partial charge is 0.417 e. The van der Waals surface area contributed by atoms with Crippen molar-refractivity contribution in [3.8, 4) is 0 Å². The SMILES string of the molecule is CC[C@H](C(=O)NCC(C)C)N(Cc1ccccc1)C(=O)CN(c1ccc(Cl)c(C(F)(F)F)c1)S(C)(=O)=O. The molecule has 0 fully saturated rings. The van der Waals surface area contributed by atoms with Crippen LogP contribution in [0.4, 0.5) is 18.9 Å². The van der Waals surface area contributed by atoms with Gasteiger partial charge in [0.15, 0.2) is 0 Å². The van der Waals surface area contributed by atoms with Gasteiger partial charge in [0.25, 0.3) is 0 Å². The van der Waals surface area contributed by atoms with Crippen LogP contribution in [-0.4, -0.2) is 50.5 Å². The number of halogens is 4. The Morgan fingerprint density at radius 2 is 1.70 bits per heavy atom. The van der Waals surface area contributed by atoms with E-state index in [1.807, 2.05) is 13.8 Å². The Morgan fingerprint density at radius 3 is 2.22 bits per heavy atom. The second-order valence-electron chi connectivity index (χ2n) is 9.00. The molecule has 2 rings (SSSR count). The number of anilines is 1. The highest BCUT2D eigenvalue weighted by Gasteiger charge is 2.36. The van der Waals surface area contributed by atoms with Crippen LogP contribution in [0.1, 0.15) is 38.3 Å². The summed E-state index contributed by atoms with van der Waals surface area (Å²) in [5.41, 5.74) is -0.902. The van der Waals surface area contributed by atoms with Crippen LogP contribution in [0.3, 0.4) is 0 Å². The molecule has 1 atom stereocenters. The van der Waals surface area contributed by atoms with E-state index in [0.717, 1.165) is 18.4 Å². The molecule has 37 heavy (non-hydrogen) atoms. The minimum Gasteiger partial charge on any atom is -0.354 e. The Labute approximate surface area is 220 Å². The average molecular weight is 562 g/mol. The van der Waals surface area contributed by atoms with Crippen molar-refractivity contribution in [1.29, 1.82) is 0 Å². The number of sulfonamides is 1. The van der Waals surface area contributed by atoms with Gasteiger partial charge in [0.2, 0.25) is 21.8 Å². The molecule has 0 aliphatic carbocycles. The molecular weight excluding hydrogens is 531 g/mol. The fourth-order valence-corrected chi connectivity index (χ4v) is 4.69. The molecule has 0 radical (unpaired) electrons. The molecule has 0 saturated heterocycles. The highest BCUT2D eigenvalue weighted by Crippen LogP contribution is 2.37. The normalized spacial score (nSPS) is 12.8. The maximum Gasteiger partial charge on any atom is 0.417 e. The molecule has 1 N–H and O–H groups in total. The van der Waals surface area contributed by atoms with Crippen LogP contribution >= 0.6 is 11.6 Å². The van der Waals surface area contributed by atoms with Gasteiger partial charge in [-0.25, -0.2) is 8.42 Å². The molecule has 204 valence electrons. The standard InChI is InChI=1S/C25H31ClF3N3O4S/c1-5-22(24(34)30-14-17(2)3)31(15-18-9-7-6-8-10-18)23(33)16-32(37(4,35)36)19-11-12-21(26)20(13-19)25(27,28)29/h6-13,17,22H,5,14-16H2,1-4H3,(H,30,34)/t22-/m1/s1. The van der Waals surface area contributed by atoms with Gasteiger partial charge >= 0.3 is 6.18 Å². The van der Waals surface area contributed by atoms with Crippen LogP contribution in [0.15, 0.2) is 48.5 Å². The van der Waals surface area contributed by atoms with Crippen molar-refractivity contribution in [2.24, 2.45) is 5.92 Å². The Morgan fingerprint density at radius 1 is 1.08 bits per heavy atom. The third-order valence-electron chi connectivity index (χ3n) is 5.49. The smallest absolute Gasteiger partial charge is 0.354 e. The fourth-order valence-electron chi connectivity index (χ4n) is 3.62. The molecule has 0 aliphatic heterocycles. The Bertz CT molecular complexity index is 1190. The molecule has 0 bridgehead atoms. The van der Waals surface area contributed by atoms with Gasteiger partial charge in [-0.05, 0) is 36.1 Å². The molecule has 0 aliphatic rings. The number of carbonyl (C=O) groups is 2. The van der Waals surface area contributed by atoms with Crippen LogP contribution in [0.2, 0.25) is 5.02 Å². The van der Waals surface area contributed by atoms with Crippen LogP contribution < -0.4 is 9.62 Å². The summed E-state index contributed by atoms with van der Waals surface area (Å²) in [6.07, 6.45) is -3.81. The summed E-state index contributed by atoms with van der Waals surface area (Å²) in [4.78, 5) is 27.8. The summed E-state index contributed by atoms with van der Waals surface area (Å²) < 4.78 is 66.1. The van der Waals surface area contributed by atoms with Gasteiger partial charge in [0, 0.05) is 13.1 Å². The minimum absolute atomic E-state index is 0.000695. The van der Waals surface area contributed by atoms with E-state index in [1.54, 1.807) is 37.3 Å². The third-order valence-corrected chi connectivity index (χ3v) is 6.96. The number of alkyl halides is 3. The van der Waals surface area contributed by atoms with Crippen LogP contribution in [0, 0.1) is 5.92 Å². The summed E-state index contributed by atoms with van der Waals surface area (Å²) in [7, 11) is -4.19. The zero-order valence-corrected chi connectivity index (χ0v) is 22.6. The number of carbonyl (C=O) groups excluding carboxylic acids is 2. The molecule has 0 spiro atoms. The first-order valence-corrected chi connectivity index (χ1v) is 13.8. The van der Waals surface area contributed by atoms with Crippen LogP contribution in [0.25, 0.3) is 0 Å². The van der Waals surface area contributed by atoms with Crippen LogP contribution in [0.5, 0.6) is 0 Å². The summed E-state index contributed by atoms with van der Waals surface area (Å²) in [6.45, 7) is 5.12. The molecule has 2 aromatic carbocycles. The lowest BCUT2D eigenvalue weighted by Gasteiger charge is -2.33. The summed E-state index contributed by atoms with van der Waals surface area (Å²) >= 11 is 5.69. The highest BCUT2D eigenvalue weighted by molar-refractivity contribution is 7.92. The average Bonchev–Trinajstić information content (AvgIpc) is 2.80. The number of benzene rings is 2. The van der Waals surface area contributed by atoms with E-state index in [4.69, 9.17) is 11.6 Å². The Kier molecular flexibility index (Phi) is 10.4. The first kappa shape index (κ1) is 30.4. The van der Waals surface area contributed by atoms with Crippen LogP contribution in [-0.2, 0) is 32.3 Å². The molecule has 12 heteroatoms. The predicted octanol–water partition coefficient (Wildman–Crippen LogP) is 4.70. The molecule has 0 unspecified atom stereocenters. The zero-order valence-electron chi connectivity index (χ0n) is 21.0. The molecule has 0 aromatic heterocycles. The summed E-state index contributed by atoms with van der Waals surface area (Å²) in [5.74, 6) is -0.991. The number of nitrogens with one attached hydrogen (secondary N) is 1. The second kappa shape index (κ2) is 12.6. The van der Waals surface area contributed by atoms with Crippen molar-refractivity contribution in [2.45, 2.75) is 46.0 Å². The molecular formula is C25H31ClF3N3O4S. The molecule has 7 nitrogen and oxygen atoms in total.